The van der Waals surface area contributed by atoms with Gasteiger partial charge in [0.15, 0.2) is 0 Å². The Morgan fingerprint density at radius 1 is 1.45 bits per heavy atom. The smallest absolute Gasteiger partial charge is 0.244 e. The van der Waals surface area contributed by atoms with E-state index in [0.29, 0.717) is 6.10 Å². The van der Waals surface area contributed by atoms with E-state index in [4.69, 9.17) is 4.74 Å². The van der Waals surface area contributed by atoms with Gasteiger partial charge in [0.2, 0.25) is 5.91 Å². The highest BCUT2D eigenvalue weighted by Crippen LogP contribution is 2.46. The minimum atomic E-state index is 0.0955. The van der Waals surface area contributed by atoms with Crippen LogP contribution in [0.5, 0.6) is 0 Å². The molecule has 0 radical (unpaired) electrons. The van der Waals surface area contributed by atoms with Crippen molar-refractivity contribution in [1.29, 1.82) is 0 Å². The van der Waals surface area contributed by atoms with Crippen LogP contribution in [-0.2, 0) is 16.1 Å². The third-order valence-electron chi connectivity index (χ3n) is 4.76. The SMILES string of the molecule is CO[C@@H]1CCC[C@@]12CCCN(C(=O)Cn1cnnn1)C2. The van der Waals surface area contributed by atoms with E-state index in [1.807, 2.05) is 4.90 Å². The lowest BCUT2D eigenvalue weighted by Crippen LogP contribution is -2.50. The molecule has 1 aromatic rings. The number of hydrogen-bond donors (Lipinski definition) is 0. The maximum atomic E-state index is 12.4. The molecule has 1 spiro atoms. The van der Waals surface area contributed by atoms with Crippen LogP contribution in [0.25, 0.3) is 0 Å². The molecule has 20 heavy (non-hydrogen) atoms. The molecule has 1 saturated carbocycles. The molecule has 0 bridgehead atoms. The van der Waals surface area contributed by atoms with Gasteiger partial charge in [-0.2, -0.15) is 0 Å². The summed E-state index contributed by atoms with van der Waals surface area (Å²) in [7, 11) is 1.79. The van der Waals surface area contributed by atoms with Gasteiger partial charge < -0.3 is 9.64 Å². The van der Waals surface area contributed by atoms with Crippen LogP contribution in [-0.4, -0.2) is 57.3 Å². The zero-order valence-corrected chi connectivity index (χ0v) is 11.9. The van der Waals surface area contributed by atoms with Gasteiger partial charge >= 0.3 is 0 Å². The molecular formula is C13H21N5O2. The second-order valence-electron chi connectivity index (χ2n) is 5.91. The summed E-state index contributed by atoms with van der Waals surface area (Å²) in [6.07, 6.45) is 7.48. The fourth-order valence-corrected chi connectivity index (χ4v) is 3.81. The third kappa shape index (κ3) is 2.42. The van der Waals surface area contributed by atoms with Crippen LogP contribution in [0, 0.1) is 5.41 Å². The molecule has 2 fully saturated rings. The van der Waals surface area contributed by atoms with Crippen molar-refractivity contribution in [3.8, 4) is 0 Å². The largest absolute Gasteiger partial charge is 0.381 e. The quantitative estimate of drug-likeness (QED) is 0.804. The normalized spacial score (nSPS) is 30.1. The highest BCUT2D eigenvalue weighted by Gasteiger charge is 2.46. The average molecular weight is 279 g/mol. The first-order valence-electron chi connectivity index (χ1n) is 7.25. The van der Waals surface area contributed by atoms with Gasteiger partial charge in [-0.25, -0.2) is 4.68 Å². The molecule has 1 aliphatic carbocycles. The second-order valence-corrected chi connectivity index (χ2v) is 5.91. The third-order valence-corrected chi connectivity index (χ3v) is 4.76. The Morgan fingerprint density at radius 2 is 2.30 bits per heavy atom. The van der Waals surface area contributed by atoms with Gasteiger partial charge in [0.1, 0.15) is 12.9 Å². The molecule has 7 nitrogen and oxygen atoms in total. The number of methoxy groups -OCH3 is 1. The predicted molar refractivity (Wildman–Crippen MR) is 70.7 cm³/mol. The molecular weight excluding hydrogens is 258 g/mol. The fraction of sp³-hybridized carbons (Fsp3) is 0.846. The van der Waals surface area contributed by atoms with Gasteiger partial charge in [-0.15, -0.1) is 5.10 Å². The number of aromatic nitrogens is 4. The molecule has 1 amide bonds. The van der Waals surface area contributed by atoms with E-state index < -0.39 is 0 Å². The summed E-state index contributed by atoms with van der Waals surface area (Å²) in [6.45, 7) is 1.87. The van der Waals surface area contributed by atoms with Crippen LogP contribution in [0.3, 0.4) is 0 Å². The molecule has 7 heteroatoms. The van der Waals surface area contributed by atoms with Crippen molar-refractivity contribution in [2.24, 2.45) is 5.41 Å². The van der Waals surface area contributed by atoms with Crippen LogP contribution in [0.1, 0.15) is 32.1 Å². The Labute approximate surface area is 118 Å². The first-order valence-corrected chi connectivity index (χ1v) is 7.25. The zero-order chi connectivity index (χ0) is 14.0. The summed E-state index contributed by atoms with van der Waals surface area (Å²) in [5.41, 5.74) is 0.170. The van der Waals surface area contributed by atoms with Crippen LogP contribution in [0.2, 0.25) is 0 Å². The highest BCUT2D eigenvalue weighted by atomic mass is 16.5. The predicted octanol–water partition coefficient (Wildman–Crippen LogP) is 0.481. The van der Waals surface area contributed by atoms with E-state index in [9.17, 15) is 4.79 Å². The summed E-state index contributed by atoms with van der Waals surface area (Å²) < 4.78 is 7.14. The molecule has 1 aromatic heterocycles. The molecule has 3 rings (SSSR count). The minimum absolute atomic E-state index is 0.0955. The summed E-state index contributed by atoms with van der Waals surface area (Å²) in [4.78, 5) is 14.3. The molecule has 2 atom stereocenters. The van der Waals surface area contributed by atoms with Crippen LogP contribution in [0.4, 0.5) is 0 Å². The summed E-state index contributed by atoms with van der Waals surface area (Å²) >= 11 is 0. The highest BCUT2D eigenvalue weighted by molar-refractivity contribution is 5.76. The van der Waals surface area contributed by atoms with Crippen molar-refractivity contribution in [2.45, 2.75) is 44.8 Å². The van der Waals surface area contributed by atoms with Crippen molar-refractivity contribution in [3.05, 3.63) is 6.33 Å². The van der Waals surface area contributed by atoms with Crippen molar-refractivity contribution in [2.75, 3.05) is 20.2 Å². The Bertz CT molecular complexity index is 463. The first kappa shape index (κ1) is 13.5. The Balaban J connectivity index is 1.67. The summed E-state index contributed by atoms with van der Waals surface area (Å²) in [5, 5.41) is 10.9. The van der Waals surface area contributed by atoms with Gasteiger partial charge in [0.25, 0.3) is 0 Å². The number of tetrazole rings is 1. The summed E-state index contributed by atoms with van der Waals surface area (Å²) in [5.74, 6) is 0.0955. The average Bonchev–Trinajstić information content (AvgIpc) is 3.09. The number of piperidine rings is 1. The molecule has 110 valence electrons. The van der Waals surface area contributed by atoms with E-state index >= 15 is 0 Å². The van der Waals surface area contributed by atoms with E-state index in [0.717, 1.165) is 25.9 Å². The topological polar surface area (TPSA) is 73.1 Å². The van der Waals surface area contributed by atoms with Crippen molar-refractivity contribution >= 4 is 5.91 Å². The van der Waals surface area contributed by atoms with Gasteiger partial charge in [-0.05, 0) is 36.1 Å². The van der Waals surface area contributed by atoms with E-state index in [-0.39, 0.29) is 17.9 Å². The fourth-order valence-electron chi connectivity index (χ4n) is 3.81. The van der Waals surface area contributed by atoms with Crippen LogP contribution >= 0.6 is 0 Å². The molecule has 1 saturated heterocycles. The summed E-state index contributed by atoms with van der Waals surface area (Å²) in [6, 6.07) is 0. The first-order chi connectivity index (χ1) is 9.73. The Morgan fingerprint density at radius 3 is 3.05 bits per heavy atom. The number of carbonyl (C=O) groups excluding carboxylic acids is 1. The molecule has 0 unspecified atom stereocenters. The van der Waals surface area contributed by atoms with E-state index in [1.54, 1.807) is 7.11 Å². The molecule has 2 heterocycles. The van der Waals surface area contributed by atoms with Crippen molar-refractivity contribution in [3.63, 3.8) is 0 Å². The van der Waals surface area contributed by atoms with E-state index in [1.165, 1.54) is 30.3 Å². The number of rotatable bonds is 3. The number of nitrogens with zero attached hydrogens (tertiary/aromatic N) is 5. The lowest BCUT2D eigenvalue weighted by atomic mass is 9.76. The number of carbonyl (C=O) groups is 1. The number of ether oxygens (including phenoxy) is 1. The second kappa shape index (κ2) is 5.47. The standard InChI is InChI=1S/C13H21N5O2/c1-20-11-4-2-5-13(11)6-3-7-17(9-13)12(19)8-18-10-14-15-16-18/h10-11H,2-9H2,1H3/t11-,13+/m1/s1. The number of likely N-dealkylation sites (tertiary alicyclic amines) is 1. The lowest BCUT2D eigenvalue weighted by Gasteiger charge is -2.43. The molecule has 2 aliphatic rings. The number of hydrogen-bond acceptors (Lipinski definition) is 5. The Hall–Kier alpha value is -1.50. The molecule has 1 aliphatic heterocycles. The van der Waals surface area contributed by atoms with E-state index in [2.05, 4.69) is 15.5 Å². The molecule has 0 N–H and O–H groups in total. The van der Waals surface area contributed by atoms with Gasteiger partial charge in [0, 0.05) is 25.6 Å². The molecule has 0 aromatic carbocycles. The zero-order valence-electron chi connectivity index (χ0n) is 11.9. The van der Waals surface area contributed by atoms with Gasteiger partial charge in [0.05, 0.1) is 6.10 Å². The van der Waals surface area contributed by atoms with Gasteiger partial charge in [-0.1, -0.05) is 6.42 Å². The van der Waals surface area contributed by atoms with Crippen molar-refractivity contribution < 1.29 is 9.53 Å². The van der Waals surface area contributed by atoms with Crippen LogP contribution < -0.4 is 0 Å². The van der Waals surface area contributed by atoms with Crippen LogP contribution in [0.15, 0.2) is 6.33 Å². The van der Waals surface area contributed by atoms with Crippen molar-refractivity contribution in [1.82, 2.24) is 25.1 Å². The maximum absolute atomic E-state index is 12.4. The van der Waals surface area contributed by atoms with Gasteiger partial charge in [-0.3, -0.25) is 4.79 Å². The Kier molecular flexibility index (Phi) is 3.69. The minimum Gasteiger partial charge on any atom is -0.381 e. The lowest BCUT2D eigenvalue weighted by molar-refractivity contribution is -0.138. The number of amides is 1. The maximum Gasteiger partial charge on any atom is 0.244 e. The monoisotopic (exact) mass is 279 g/mol.